The van der Waals surface area contributed by atoms with Gasteiger partial charge in [0, 0.05) is 13.0 Å². The Morgan fingerprint density at radius 1 is 1.40 bits per heavy atom. The molecule has 0 bridgehead atoms. The van der Waals surface area contributed by atoms with Gasteiger partial charge in [0.2, 0.25) is 11.8 Å². The summed E-state index contributed by atoms with van der Waals surface area (Å²) in [6.45, 7) is 2.52. The van der Waals surface area contributed by atoms with Crippen molar-refractivity contribution in [3.8, 4) is 0 Å². The average molecular weight is 274 g/mol. The maximum Gasteiger partial charge on any atom is 0.240 e. The number of benzene rings is 1. The van der Waals surface area contributed by atoms with Gasteiger partial charge in [0.1, 0.15) is 6.04 Å². The van der Waals surface area contributed by atoms with Crippen LogP contribution in [0.2, 0.25) is 0 Å². The molecule has 1 saturated heterocycles. The number of nitrogens with zero attached hydrogens (tertiary/aromatic N) is 1. The van der Waals surface area contributed by atoms with Gasteiger partial charge >= 0.3 is 0 Å². The molecule has 2 unspecified atom stereocenters. The Hall–Kier alpha value is -1.84. The molecule has 1 heterocycles. The predicted molar refractivity (Wildman–Crippen MR) is 78.0 cm³/mol. The lowest BCUT2D eigenvalue weighted by atomic mass is 9.92. The minimum atomic E-state index is -0.461. The first kappa shape index (κ1) is 14.6. The fraction of sp³-hybridized carbons (Fsp3) is 0.500. The zero-order valence-corrected chi connectivity index (χ0v) is 11.9. The Kier molecular flexibility index (Phi) is 4.77. The van der Waals surface area contributed by atoms with Crippen molar-refractivity contribution in [2.45, 2.75) is 44.6 Å². The summed E-state index contributed by atoms with van der Waals surface area (Å²) in [7, 11) is 0. The van der Waals surface area contributed by atoms with Gasteiger partial charge in [0.05, 0.1) is 0 Å². The molecule has 2 N–H and O–H groups in total. The zero-order chi connectivity index (χ0) is 14.5. The van der Waals surface area contributed by atoms with Crippen LogP contribution in [0.5, 0.6) is 0 Å². The van der Waals surface area contributed by atoms with E-state index in [1.54, 1.807) is 4.90 Å². The predicted octanol–water partition coefficient (Wildman–Crippen LogP) is 2.05. The molecule has 1 aliphatic heterocycles. The molecule has 0 aromatic heterocycles. The minimum Gasteiger partial charge on any atom is -0.368 e. The first-order valence-electron chi connectivity index (χ1n) is 7.27. The Morgan fingerprint density at radius 2 is 2.10 bits per heavy atom. The van der Waals surface area contributed by atoms with Crippen LogP contribution < -0.4 is 5.73 Å². The van der Waals surface area contributed by atoms with Gasteiger partial charge in [-0.05, 0) is 30.7 Å². The third-order valence-electron chi connectivity index (χ3n) is 4.06. The maximum absolute atomic E-state index is 12.4. The Labute approximate surface area is 119 Å². The lowest BCUT2D eigenvalue weighted by molar-refractivity contribution is -0.139. The van der Waals surface area contributed by atoms with Crippen LogP contribution in [-0.4, -0.2) is 29.3 Å². The van der Waals surface area contributed by atoms with Crippen LogP contribution in [-0.2, 0) is 9.59 Å². The number of rotatable bonds is 4. The van der Waals surface area contributed by atoms with E-state index in [9.17, 15) is 9.59 Å². The summed E-state index contributed by atoms with van der Waals surface area (Å²) in [5, 5.41) is 0. The summed E-state index contributed by atoms with van der Waals surface area (Å²) in [6, 6.07) is 9.66. The van der Waals surface area contributed by atoms with E-state index < -0.39 is 11.9 Å². The van der Waals surface area contributed by atoms with Crippen molar-refractivity contribution in [3.05, 3.63) is 35.9 Å². The van der Waals surface area contributed by atoms with Crippen molar-refractivity contribution in [2.75, 3.05) is 6.54 Å². The van der Waals surface area contributed by atoms with Crippen LogP contribution in [0.4, 0.5) is 0 Å². The number of amides is 2. The van der Waals surface area contributed by atoms with Gasteiger partial charge in [-0.1, -0.05) is 37.3 Å². The highest BCUT2D eigenvalue weighted by atomic mass is 16.2. The SMILES string of the molecule is CCC(C(N)=O)N1CCCC(c2ccccc2)CC1=O. The number of carbonyl (C=O) groups is 2. The smallest absolute Gasteiger partial charge is 0.240 e. The number of hydrogen-bond acceptors (Lipinski definition) is 2. The van der Waals surface area contributed by atoms with E-state index in [1.165, 1.54) is 5.56 Å². The molecular formula is C16H22N2O2. The van der Waals surface area contributed by atoms with Gasteiger partial charge in [-0.2, -0.15) is 0 Å². The molecule has 0 saturated carbocycles. The van der Waals surface area contributed by atoms with Gasteiger partial charge in [-0.25, -0.2) is 0 Å². The quantitative estimate of drug-likeness (QED) is 0.913. The molecule has 1 fully saturated rings. The largest absolute Gasteiger partial charge is 0.368 e. The van der Waals surface area contributed by atoms with Crippen LogP contribution in [0.25, 0.3) is 0 Å². The van der Waals surface area contributed by atoms with Gasteiger partial charge in [0.15, 0.2) is 0 Å². The van der Waals surface area contributed by atoms with E-state index in [0.717, 1.165) is 12.8 Å². The minimum absolute atomic E-state index is 0.0435. The van der Waals surface area contributed by atoms with Crippen molar-refractivity contribution in [1.29, 1.82) is 0 Å². The Morgan fingerprint density at radius 3 is 2.70 bits per heavy atom. The molecule has 1 aliphatic rings. The summed E-state index contributed by atoms with van der Waals surface area (Å²) in [5.41, 5.74) is 6.61. The highest BCUT2D eigenvalue weighted by Gasteiger charge is 2.30. The van der Waals surface area contributed by atoms with Crippen LogP contribution in [0.3, 0.4) is 0 Å². The number of carbonyl (C=O) groups excluding carboxylic acids is 2. The molecular weight excluding hydrogens is 252 g/mol. The Bertz CT molecular complexity index is 473. The summed E-state index contributed by atoms with van der Waals surface area (Å²) < 4.78 is 0. The van der Waals surface area contributed by atoms with Gasteiger partial charge in [-0.15, -0.1) is 0 Å². The molecule has 4 heteroatoms. The number of hydrogen-bond donors (Lipinski definition) is 1. The first-order chi connectivity index (χ1) is 9.63. The van der Waals surface area contributed by atoms with Crippen LogP contribution >= 0.6 is 0 Å². The standard InChI is InChI=1S/C16H22N2O2/c1-2-14(16(17)20)18-10-6-9-13(11-15(18)19)12-7-4-3-5-8-12/h3-5,7-8,13-14H,2,6,9-11H2,1H3,(H2,17,20). The molecule has 2 atom stereocenters. The van der Waals surface area contributed by atoms with Crippen LogP contribution in [0.1, 0.15) is 44.1 Å². The Balaban J connectivity index is 2.13. The second-order valence-electron chi connectivity index (χ2n) is 5.37. The third-order valence-corrected chi connectivity index (χ3v) is 4.06. The van der Waals surface area contributed by atoms with Crippen LogP contribution in [0, 0.1) is 0 Å². The zero-order valence-electron chi connectivity index (χ0n) is 11.9. The van der Waals surface area contributed by atoms with Crippen molar-refractivity contribution in [2.24, 2.45) is 5.73 Å². The van der Waals surface area contributed by atoms with E-state index in [2.05, 4.69) is 12.1 Å². The van der Waals surface area contributed by atoms with Crippen molar-refractivity contribution >= 4 is 11.8 Å². The van der Waals surface area contributed by atoms with Gasteiger partial charge in [0.25, 0.3) is 0 Å². The molecule has 4 nitrogen and oxygen atoms in total. The van der Waals surface area contributed by atoms with E-state index in [0.29, 0.717) is 19.4 Å². The molecule has 0 aliphatic carbocycles. The normalized spacial score (nSPS) is 21.4. The highest BCUT2D eigenvalue weighted by Crippen LogP contribution is 2.29. The lowest BCUT2D eigenvalue weighted by Crippen LogP contribution is -2.47. The van der Waals surface area contributed by atoms with Crippen molar-refractivity contribution < 1.29 is 9.59 Å². The summed E-state index contributed by atoms with van der Waals surface area (Å²) in [6.07, 6.45) is 2.93. The van der Waals surface area contributed by atoms with E-state index in [-0.39, 0.29) is 11.8 Å². The molecule has 2 amide bonds. The molecule has 108 valence electrons. The number of nitrogens with two attached hydrogens (primary N) is 1. The monoisotopic (exact) mass is 274 g/mol. The molecule has 1 aromatic carbocycles. The fourth-order valence-corrected chi connectivity index (χ4v) is 2.98. The lowest BCUT2D eigenvalue weighted by Gasteiger charge is -2.27. The number of likely N-dealkylation sites (tertiary alicyclic amines) is 1. The first-order valence-corrected chi connectivity index (χ1v) is 7.27. The van der Waals surface area contributed by atoms with E-state index in [4.69, 9.17) is 5.73 Å². The second kappa shape index (κ2) is 6.55. The summed E-state index contributed by atoms with van der Waals surface area (Å²) >= 11 is 0. The second-order valence-corrected chi connectivity index (χ2v) is 5.37. The van der Waals surface area contributed by atoms with E-state index in [1.807, 2.05) is 25.1 Å². The van der Waals surface area contributed by atoms with E-state index >= 15 is 0 Å². The molecule has 0 radical (unpaired) electrons. The average Bonchev–Trinajstić information content (AvgIpc) is 2.63. The summed E-state index contributed by atoms with van der Waals surface area (Å²) in [4.78, 5) is 25.6. The van der Waals surface area contributed by atoms with Crippen LogP contribution in [0.15, 0.2) is 30.3 Å². The molecule has 0 spiro atoms. The molecule has 1 aromatic rings. The topological polar surface area (TPSA) is 63.4 Å². The van der Waals surface area contributed by atoms with Gasteiger partial charge in [-0.3, -0.25) is 9.59 Å². The highest BCUT2D eigenvalue weighted by molar-refractivity contribution is 5.87. The molecule has 20 heavy (non-hydrogen) atoms. The van der Waals surface area contributed by atoms with Gasteiger partial charge < -0.3 is 10.6 Å². The van der Waals surface area contributed by atoms with Crippen molar-refractivity contribution in [1.82, 2.24) is 4.90 Å². The molecule has 2 rings (SSSR count). The summed E-state index contributed by atoms with van der Waals surface area (Å²) in [5.74, 6) is -0.111. The number of primary amides is 1. The third kappa shape index (κ3) is 3.18. The maximum atomic E-state index is 12.4. The fourth-order valence-electron chi connectivity index (χ4n) is 2.98. The van der Waals surface area contributed by atoms with Crippen molar-refractivity contribution in [3.63, 3.8) is 0 Å².